The maximum absolute atomic E-state index is 12.3. The first-order valence-electron chi connectivity index (χ1n) is 10.3. The smallest absolute Gasteiger partial charge is 0.323 e. The van der Waals surface area contributed by atoms with E-state index in [0.717, 1.165) is 24.0 Å². The predicted octanol–water partition coefficient (Wildman–Crippen LogP) is 5.77. The molecule has 6 heteroatoms. The summed E-state index contributed by atoms with van der Waals surface area (Å²) in [5.74, 6) is -0.0256. The van der Waals surface area contributed by atoms with Crippen molar-refractivity contribution in [2.75, 3.05) is 16.0 Å². The van der Waals surface area contributed by atoms with E-state index in [1.165, 1.54) is 10.9 Å². The Labute approximate surface area is 180 Å². The molecule has 156 valence electrons. The predicted molar refractivity (Wildman–Crippen MR) is 125 cm³/mol. The summed E-state index contributed by atoms with van der Waals surface area (Å²) < 4.78 is 0. The van der Waals surface area contributed by atoms with Crippen molar-refractivity contribution in [2.24, 2.45) is 0 Å². The quantitative estimate of drug-likeness (QED) is 0.310. The van der Waals surface area contributed by atoms with Gasteiger partial charge in [-0.15, -0.1) is 0 Å². The number of para-hydroxylation sites is 2. The van der Waals surface area contributed by atoms with Gasteiger partial charge in [0.2, 0.25) is 5.91 Å². The summed E-state index contributed by atoms with van der Waals surface area (Å²) in [6, 6.07) is 24.1. The molecule has 3 amide bonds. The number of aryl methyl sites for hydroxylation is 1. The normalized spacial score (nSPS) is 10.6. The molecule has 0 bridgehead atoms. The zero-order valence-electron chi connectivity index (χ0n) is 17.0. The van der Waals surface area contributed by atoms with E-state index in [1.807, 2.05) is 48.7 Å². The largest absolute Gasteiger partial charge is 0.361 e. The number of carbonyl (C=O) groups is 2. The van der Waals surface area contributed by atoms with Crippen LogP contribution in [0.3, 0.4) is 0 Å². The molecule has 3 aromatic carbocycles. The average molecular weight is 412 g/mol. The van der Waals surface area contributed by atoms with Crippen molar-refractivity contribution in [3.05, 3.63) is 90.6 Å². The van der Waals surface area contributed by atoms with Crippen LogP contribution in [0.25, 0.3) is 10.9 Å². The molecule has 1 aromatic heterocycles. The Morgan fingerprint density at radius 1 is 0.710 bits per heavy atom. The number of amides is 3. The Morgan fingerprint density at radius 3 is 2.06 bits per heavy atom. The van der Waals surface area contributed by atoms with Gasteiger partial charge in [-0.2, -0.15) is 0 Å². The number of aromatic amines is 1. The van der Waals surface area contributed by atoms with Gasteiger partial charge in [0.05, 0.1) is 0 Å². The fraction of sp³-hybridized carbons (Fsp3) is 0.120. The van der Waals surface area contributed by atoms with Crippen LogP contribution in [-0.4, -0.2) is 16.9 Å². The van der Waals surface area contributed by atoms with E-state index < -0.39 is 0 Å². The first-order valence-corrected chi connectivity index (χ1v) is 10.3. The highest BCUT2D eigenvalue weighted by Crippen LogP contribution is 2.20. The second kappa shape index (κ2) is 9.63. The molecule has 0 fully saturated rings. The lowest BCUT2D eigenvalue weighted by molar-refractivity contribution is -0.116. The van der Waals surface area contributed by atoms with Gasteiger partial charge in [0.15, 0.2) is 0 Å². The number of H-pyrrole nitrogens is 1. The highest BCUT2D eigenvalue weighted by Gasteiger charge is 2.07. The molecule has 0 aliphatic carbocycles. The first kappa shape index (κ1) is 20.2. The number of hydrogen-bond acceptors (Lipinski definition) is 2. The Hall–Kier alpha value is -4.06. The topological polar surface area (TPSA) is 86.0 Å². The van der Waals surface area contributed by atoms with Crippen molar-refractivity contribution < 1.29 is 9.59 Å². The van der Waals surface area contributed by atoms with E-state index in [9.17, 15) is 9.59 Å². The van der Waals surface area contributed by atoms with Crippen LogP contribution < -0.4 is 16.0 Å². The molecule has 0 unspecified atom stereocenters. The monoisotopic (exact) mass is 412 g/mol. The van der Waals surface area contributed by atoms with Crippen LogP contribution in [0.15, 0.2) is 85.1 Å². The lowest BCUT2D eigenvalue weighted by Crippen LogP contribution is -2.19. The van der Waals surface area contributed by atoms with Crippen molar-refractivity contribution >= 4 is 39.9 Å². The fourth-order valence-corrected chi connectivity index (χ4v) is 3.45. The molecular formula is C25H24N4O2. The Balaban J connectivity index is 1.23. The zero-order valence-corrected chi connectivity index (χ0v) is 17.0. The molecule has 1 heterocycles. The summed E-state index contributed by atoms with van der Waals surface area (Å²) in [7, 11) is 0. The summed E-state index contributed by atoms with van der Waals surface area (Å²) in [6.07, 6.45) is 4.07. The van der Waals surface area contributed by atoms with Crippen LogP contribution in [0, 0.1) is 0 Å². The van der Waals surface area contributed by atoms with Gasteiger partial charge < -0.3 is 20.9 Å². The Kier molecular flexibility index (Phi) is 6.28. The van der Waals surface area contributed by atoms with E-state index in [1.54, 1.807) is 24.3 Å². The van der Waals surface area contributed by atoms with Gasteiger partial charge in [0.25, 0.3) is 0 Å². The number of fused-ring (bicyclic) bond motifs is 1. The number of carbonyl (C=O) groups excluding carboxylic acids is 2. The van der Waals surface area contributed by atoms with E-state index in [-0.39, 0.29) is 11.9 Å². The van der Waals surface area contributed by atoms with Crippen LogP contribution in [0.1, 0.15) is 18.4 Å². The molecular weight excluding hydrogens is 388 g/mol. The molecule has 0 atom stereocenters. The minimum absolute atomic E-state index is 0.0256. The summed E-state index contributed by atoms with van der Waals surface area (Å²) in [5, 5.41) is 9.65. The van der Waals surface area contributed by atoms with Gasteiger partial charge in [0, 0.05) is 40.6 Å². The molecule has 0 aliphatic heterocycles. The lowest BCUT2D eigenvalue weighted by Gasteiger charge is -2.09. The third-order valence-electron chi connectivity index (χ3n) is 4.98. The Morgan fingerprint density at radius 2 is 1.32 bits per heavy atom. The number of benzene rings is 3. The van der Waals surface area contributed by atoms with Gasteiger partial charge in [-0.25, -0.2) is 4.79 Å². The summed E-state index contributed by atoms with van der Waals surface area (Å²) >= 11 is 0. The summed E-state index contributed by atoms with van der Waals surface area (Å²) in [4.78, 5) is 27.6. The highest BCUT2D eigenvalue weighted by molar-refractivity contribution is 6.00. The number of hydrogen-bond donors (Lipinski definition) is 4. The van der Waals surface area contributed by atoms with E-state index in [4.69, 9.17) is 0 Å². The minimum atomic E-state index is -0.319. The van der Waals surface area contributed by atoms with Crippen LogP contribution in [0.5, 0.6) is 0 Å². The maximum Gasteiger partial charge on any atom is 0.323 e. The molecule has 0 saturated carbocycles. The highest BCUT2D eigenvalue weighted by atomic mass is 16.2. The van der Waals surface area contributed by atoms with E-state index in [2.05, 4.69) is 33.1 Å². The SMILES string of the molecule is O=C(CCCc1c[nH]c2ccccc12)Nc1ccc(NC(=O)Nc2ccccc2)cc1. The lowest BCUT2D eigenvalue weighted by atomic mass is 10.1. The molecule has 6 nitrogen and oxygen atoms in total. The van der Waals surface area contributed by atoms with E-state index >= 15 is 0 Å². The van der Waals surface area contributed by atoms with Crippen LogP contribution in [-0.2, 0) is 11.2 Å². The minimum Gasteiger partial charge on any atom is -0.361 e. The second-order valence-electron chi connectivity index (χ2n) is 7.28. The average Bonchev–Trinajstić information content (AvgIpc) is 3.19. The maximum atomic E-state index is 12.3. The molecule has 0 saturated heterocycles. The van der Waals surface area contributed by atoms with Crippen molar-refractivity contribution in [1.29, 1.82) is 0 Å². The number of rotatable bonds is 7. The van der Waals surface area contributed by atoms with Gasteiger partial charge in [-0.05, 0) is 60.9 Å². The zero-order chi connectivity index (χ0) is 21.5. The third kappa shape index (κ3) is 5.51. The molecule has 0 aliphatic rings. The molecule has 0 radical (unpaired) electrons. The molecule has 0 spiro atoms. The molecule has 4 N–H and O–H groups in total. The number of nitrogens with one attached hydrogen (secondary N) is 4. The fourth-order valence-electron chi connectivity index (χ4n) is 3.45. The van der Waals surface area contributed by atoms with Crippen LogP contribution >= 0.6 is 0 Å². The second-order valence-corrected chi connectivity index (χ2v) is 7.28. The number of aromatic nitrogens is 1. The number of urea groups is 1. The van der Waals surface area contributed by atoms with Gasteiger partial charge in [-0.3, -0.25) is 4.79 Å². The summed E-state index contributed by atoms with van der Waals surface area (Å²) in [6.45, 7) is 0. The van der Waals surface area contributed by atoms with Crippen LogP contribution in [0.4, 0.5) is 21.9 Å². The van der Waals surface area contributed by atoms with Crippen LogP contribution in [0.2, 0.25) is 0 Å². The molecule has 31 heavy (non-hydrogen) atoms. The molecule has 4 rings (SSSR count). The van der Waals surface area contributed by atoms with Gasteiger partial charge in [-0.1, -0.05) is 36.4 Å². The summed E-state index contributed by atoms with van der Waals surface area (Å²) in [5.41, 5.74) is 4.41. The van der Waals surface area contributed by atoms with Crippen molar-refractivity contribution in [2.45, 2.75) is 19.3 Å². The van der Waals surface area contributed by atoms with Gasteiger partial charge >= 0.3 is 6.03 Å². The third-order valence-corrected chi connectivity index (χ3v) is 4.98. The van der Waals surface area contributed by atoms with Gasteiger partial charge in [0.1, 0.15) is 0 Å². The first-order chi connectivity index (χ1) is 15.2. The van der Waals surface area contributed by atoms with Crippen molar-refractivity contribution in [1.82, 2.24) is 4.98 Å². The van der Waals surface area contributed by atoms with Crippen molar-refractivity contribution in [3.63, 3.8) is 0 Å². The number of anilines is 3. The standard InChI is InChI=1S/C25H24N4O2/c30-24(12-6-7-18-17-26-23-11-5-4-10-22(18)23)27-20-13-15-21(16-14-20)29-25(31)28-19-8-2-1-3-9-19/h1-5,8-11,13-17,26H,6-7,12H2,(H,27,30)(H2,28,29,31). The molecule has 4 aromatic rings. The van der Waals surface area contributed by atoms with E-state index in [0.29, 0.717) is 17.8 Å². The van der Waals surface area contributed by atoms with Crippen molar-refractivity contribution in [3.8, 4) is 0 Å². The Bertz CT molecular complexity index is 1170.